The number of para-hydroxylation sites is 1. The van der Waals surface area contributed by atoms with E-state index in [0.29, 0.717) is 13.2 Å². The highest BCUT2D eigenvalue weighted by Gasteiger charge is 2.15. The molecule has 0 aliphatic rings. The Morgan fingerprint density at radius 2 is 1.75 bits per heavy atom. The number of aromatic nitrogens is 2. The van der Waals surface area contributed by atoms with Crippen LogP contribution in [0.5, 0.6) is 0 Å². The van der Waals surface area contributed by atoms with Crippen molar-refractivity contribution >= 4 is 10.9 Å². The van der Waals surface area contributed by atoms with Crippen LogP contribution in [0.25, 0.3) is 22.4 Å². The van der Waals surface area contributed by atoms with Crippen LogP contribution in [0.15, 0.2) is 71.1 Å². The molecular formula is C23H25N3O2. The molecule has 0 aliphatic heterocycles. The number of rotatable bonds is 8. The third-order valence-corrected chi connectivity index (χ3v) is 4.66. The van der Waals surface area contributed by atoms with E-state index in [4.69, 9.17) is 14.3 Å². The van der Waals surface area contributed by atoms with E-state index in [-0.39, 0.29) is 0 Å². The predicted octanol–water partition coefficient (Wildman–Crippen LogP) is 4.42. The van der Waals surface area contributed by atoms with E-state index in [9.17, 15) is 0 Å². The number of furan rings is 1. The van der Waals surface area contributed by atoms with Crippen LogP contribution >= 0.6 is 0 Å². The Bertz CT molecular complexity index is 1030. The number of hydrogen-bond donors (Lipinski definition) is 0. The summed E-state index contributed by atoms with van der Waals surface area (Å²) < 4.78 is 13.8. The third-order valence-electron chi connectivity index (χ3n) is 4.66. The van der Waals surface area contributed by atoms with Crippen molar-refractivity contribution in [2.45, 2.75) is 13.2 Å². The lowest BCUT2D eigenvalue weighted by Crippen LogP contribution is -2.17. The van der Waals surface area contributed by atoms with Gasteiger partial charge in [0.05, 0.1) is 18.7 Å². The maximum Gasteiger partial charge on any atom is 0.155 e. The first kappa shape index (κ1) is 18.5. The van der Waals surface area contributed by atoms with Crippen LogP contribution in [0.1, 0.15) is 11.3 Å². The zero-order valence-corrected chi connectivity index (χ0v) is 16.3. The molecule has 0 saturated heterocycles. The minimum atomic E-state index is 0.469. The van der Waals surface area contributed by atoms with E-state index in [1.165, 1.54) is 5.56 Å². The quantitative estimate of drug-likeness (QED) is 0.428. The predicted molar refractivity (Wildman–Crippen MR) is 111 cm³/mol. The first-order valence-corrected chi connectivity index (χ1v) is 9.52. The zero-order chi connectivity index (χ0) is 19.3. The molecule has 0 aliphatic carbocycles. The summed E-state index contributed by atoms with van der Waals surface area (Å²) in [5.74, 6) is 1.59. The Morgan fingerprint density at radius 3 is 2.57 bits per heavy atom. The Balaban J connectivity index is 1.57. The van der Waals surface area contributed by atoms with Crippen LogP contribution in [-0.2, 0) is 17.9 Å². The summed E-state index contributed by atoms with van der Waals surface area (Å²) in [6, 6.07) is 22.6. The standard InChI is InChI=1S/C23H25N3O2/c1-25(2)14-15-27-17-19-12-13-22(28-19)23-20-10-6-7-11-21(20)26(24-23)16-18-8-4-3-5-9-18/h3-13H,14-17H2,1-2H3. The molecule has 0 atom stereocenters. The number of ether oxygens (including phenoxy) is 1. The third kappa shape index (κ3) is 4.16. The molecule has 0 fully saturated rings. The summed E-state index contributed by atoms with van der Waals surface area (Å²) >= 11 is 0. The van der Waals surface area contributed by atoms with Gasteiger partial charge in [0.2, 0.25) is 0 Å². The van der Waals surface area contributed by atoms with Crippen molar-refractivity contribution < 1.29 is 9.15 Å². The second-order valence-corrected chi connectivity index (χ2v) is 7.13. The van der Waals surface area contributed by atoms with Crippen LogP contribution in [0.4, 0.5) is 0 Å². The Labute approximate surface area is 165 Å². The molecule has 5 heteroatoms. The monoisotopic (exact) mass is 375 g/mol. The van der Waals surface area contributed by atoms with Crippen molar-refractivity contribution in [1.82, 2.24) is 14.7 Å². The molecule has 2 aromatic carbocycles. The molecule has 0 spiro atoms. The number of hydrogen-bond acceptors (Lipinski definition) is 4. The van der Waals surface area contributed by atoms with Gasteiger partial charge in [-0.05, 0) is 37.9 Å². The zero-order valence-electron chi connectivity index (χ0n) is 16.3. The van der Waals surface area contributed by atoms with Crippen LogP contribution in [0.2, 0.25) is 0 Å². The van der Waals surface area contributed by atoms with E-state index in [2.05, 4.69) is 41.3 Å². The summed E-state index contributed by atoms with van der Waals surface area (Å²) in [6.07, 6.45) is 0. The van der Waals surface area contributed by atoms with Gasteiger partial charge in [0.25, 0.3) is 0 Å². The fourth-order valence-electron chi connectivity index (χ4n) is 3.19. The van der Waals surface area contributed by atoms with E-state index < -0.39 is 0 Å². The number of benzene rings is 2. The molecule has 0 N–H and O–H groups in total. The average Bonchev–Trinajstić information content (AvgIpc) is 3.31. The molecule has 0 radical (unpaired) electrons. The fraction of sp³-hybridized carbons (Fsp3) is 0.261. The lowest BCUT2D eigenvalue weighted by molar-refractivity contribution is 0.0930. The lowest BCUT2D eigenvalue weighted by atomic mass is 10.2. The normalized spacial score (nSPS) is 11.5. The SMILES string of the molecule is CN(C)CCOCc1ccc(-c2nn(Cc3ccccc3)c3ccccc23)o1. The van der Waals surface area contributed by atoms with Crippen LogP contribution in [-0.4, -0.2) is 41.9 Å². The lowest BCUT2D eigenvalue weighted by Gasteiger charge is -2.08. The largest absolute Gasteiger partial charge is 0.457 e. The van der Waals surface area contributed by atoms with Crippen LogP contribution in [0, 0.1) is 0 Å². The second-order valence-electron chi connectivity index (χ2n) is 7.13. The topological polar surface area (TPSA) is 43.4 Å². The first-order chi connectivity index (χ1) is 13.7. The van der Waals surface area contributed by atoms with E-state index in [1.807, 2.05) is 49.1 Å². The molecule has 28 heavy (non-hydrogen) atoms. The van der Waals surface area contributed by atoms with Crippen molar-refractivity contribution in [2.75, 3.05) is 27.2 Å². The average molecular weight is 375 g/mol. The maximum absolute atomic E-state index is 6.03. The van der Waals surface area contributed by atoms with Crippen molar-refractivity contribution in [3.63, 3.8) is 0 Å². The summed E-state index contributed by atoms with van der Waals surface area (Å²) in [5.41, 5.74) is 3.18. The summed E-state index contributed by atoms with van der Waals surface area (Å²) in [4.78, 5) is 2.10. The molecule has 144 valence electrons. The molecule has 0 unspecified atom stereocenters. The van der Waals surface area contributed by atoms with Crippen molar-refractivity contribution in [3.05, 3.63) is 78.1 Å². The van der Waals surface area contributed by atoms with Gasteiger partial charge in [0.1, 0.15) is 18.1 Å². The van der Waals surface area contributed by atoms with E-state index >= 15 is 0 Å². The van der Waals surface area contributed by atoms with Gasteiger partial charge in [-0.3, -0.25) is 4.68 Å². The van der Waals surface area contributed by atoms with Crippen molar-refractivity contribution in [2.24, 2.45) is 0 Å². The Kier molecular flexibility index (Phi) is 5.55. The molecule has 0 amide bonds. The minimum absolute atomic E-state index is 0.469. The van der Waals surface area contributed by atoms with Gasteiger partial charge in [-0.2, -0.15) is 5.10 Å². The molecular weight excluding hydrogens is 350 g/mol. The number of likely N-dealkylation sites (N-methyl/N-ethyl adjacent to an activating group) is 1. The highest BCUT2D eigenvalue weighted by molar-refractivity contribution is 5.92. The van der Waals surface area contributed by atoms with Gasteiger partial charge in [-0.25, -0.2) is 0 Å². The fourth-order valence-corrected chi connectivity index (χ4v) is 3.19. The smallest absolute Gasteiger partial charge is 0.155 e. The van der Waals surface area contributed by atoms with Gasteiger partial charge in [-0.1, -0.05) is 48.5 Å². The van der Waals surface area contributed by atoms with Crippen LogP contribution in [0.3, 0.4) is 0 Å². The van der Waals surface area contributed by atoms with Gasteiger partial charge < -0.3 is 14.1 Å². The highest BCUT2D eigenvalue weighted by atomic mass is 16.5. The van der Waals surface area contributed by atoms with Crippen molar-refractivity contribution in [1.29, 1.82) is 0 Å². The molecule has 4 aromatic rings. The molecule has 0 saturated carbocycles. The highest BCUT2D eigenvalue weighted by Crippen LogP contribution is 2.30. The Hall–Kier alpha value is -2.89. The molecule has 2 heterocycles. The number of fused-ring (bicyclic) bond motifs is 1. The van der Waals surface area contributed by atoms with E-state index in [1.54, 1.807) is 0 Å². The molecule has 4 rings (SSSR count). The summed E-state index contributed by atoms with van der Waals surface area (Å²) in [7, 11) is 4.07. The van der Waals surface area contributed by atoms with Gasteiger partial charge in [0.15, 0.2) is 5.76 Å². The first-order valence-electron chi connectivity index (χ1n) is 9.52. The Morgan fingerprint density at radius 1 is 0.964 bits per heavy atom. The summed E-state index contributed by atoms with van der Waals surface area (Å²) in [5, 5.41) is 5.95. The molecule has 0 bridgehead atoms. The van der Waals surface area contributed by atoms with Gasteiger partial charge >= 0.3 is 0 Å². The summed E-state index contributed by atoms with van der Waals surface area (Å²) in [6.45, 7) is 2.76. The van der Waals surface area contributed by atoms with Crippen LogP contribution < -0.4 is 0 Å². The number of nitrogens with zero attached hydrogens (tertiary/aromatic N) is 3. The molecule has 5 nitrogen and oxygen atoms in total. The van der Waals surface area contributed by atoms with Crippen molar-refractivity contribution in [3.8, 4) is 11.5 Å². The molecule has 2 aromatic heterocycles. The van der Waals surface area contributed by atoms with Gasteiger partial charge in [-0.15, -0.1) is 0 Å². The minimum Gasteiger partial charge on any atom is -0.457 e. The van der Waals surface area contributed by atoms with E-state index in [0.717, 1.165) is 41.2 Å². The second kappa shape index (κ2) is 8.42. The van der Waals surface area contributed by atoms with Gasteiger partial charge in [0, 0.05) is 11.9 Å². The maximum atomic E-state index is 6.03.